The van der Waals surface area contributed by atoms with Gasteiger partial charge < -0.3 is 24.7 Å². The highest BCUT2D eigenvalue weighted by atomic mass is 16.5. The third-order valence-electron chi connectivity index (χ3n) is 6.65. The molecule has 0 amide bonds. The molecule has 1 aromatic carbocycles. The summed E-state index contributed by atoms with van der Waals surface area (Å²) in [5.74, 6) is -1.96. The van der Waals surface area contributed by atoms with Crippen molar-refractivity contribution in [2.24, 2.45) is 17.3 Å². The molecule has 2 N–H and O–H groups in total. The zero-order valence-electron chi connectivity index (χ0n) is 18.4. The lowest BCUT2D eigenvalue weighted by molar-refractivity contribution is -0.159. The second-order valence-corrected chi connectivity index (χ2v) is 8.99. The normalized spacial score (nSPS) is 23.7. The quantitative estimate of drug-likeness (QED) is 0.518. The molecular formula is C23H36N2O5. The molecule has 1 aliphatic heterocycles. The van der Waals surface area contributed by atoms with Gasteiger partial charge in [0, 0.05) is 39.3 Å². The molecule has 0 aromatic heterocycles. The van der Waals surface area contributed by atoms with E-state index >= 15 is 0 Å². The summed E-state index contributed by atoms with van der Waals surface area (Å²) in [6.45, 7) is 12.8. The van der Waals surface area contributed by atoms with Gasteiger partial charge in [0.05, 0.1) is 6.61 Å². The number of carboxylic acid groups (broad SMARTS) is 2. The van der Waals surface area contributed by atoms with E-state index in [-0.39, 0.29) is 0 Å². The molecule has 0 radical (unpaired) electrons. The number of piperazine rings is 1. The van der Waals surface area contributed by atoms with Crippen LogP contribution in [0.4, 0.5) is 0 Å². The van der Waals surface area contributed by atoms with Crippen molar-refractivity contribution in [3.8, 4) is 0 Å². The molecule has 2 fully saturated rings. The number of carboxylic acids is 2. The van der Waals surface area contributed by atoms with Gasteiger partial charge in [-0.05, 0) is 42.7 Å². The van der Waals surface area contributed by atoms with Crippen molar-refractivity contribution in [3.63, 3.8) is 0 Å². The average Bonchev–Trinajstić information content (AvgIpc) is 2.72. The van der Waals surface area contributed by atoms with Crippen LogP contribution in [0, 0.1) is 17.3 Å². The minimum Gasteiger partial charge on any atom is -0.473 e. The van der Waals surface area contributed by atoms with E-state index in [2.05, 4.69) is 61.0 Å². The summed E-state index contributed by atoms with van der Waals surface area (Å²) in [6, 6.07) is 10.5. The van der Waals surface area contributed by atoms with Gasteiger partial charge in [-0.3, -0.25) is 0 Å². The van der Waals surface area contributed by atoms with Gasteiger partial charge in [-0.15, -0.1) is 0 Å². The van der Waals surface area contributed by atoms with Crippen molar-refractivity contribution < 1.29 is 24.5 Å². The van der Waals surface area contributed by atoms with E-state index in [9.17, 15) is 0 Å². The summed E-state index contributed by atoms with van der Waals surface area (Å²) in [5, 5.41) is 14.8. The summed E-state index contributed by atoms with van der Waals surface area (Å²) >= 11 is 0. The Balaban J connectivity index is 0.000000469. The Morgan fingerprint density at radius 3 is 2.17 bits per heavy atom. The van der Waals surface area contributed by atoms with Crippen molar-refractivity contribution in [1.82, 2.24) is 9.80 Å². The molecule has 1 saturated heterocycles. The van der Waals surface area contributed by atoms with Crippen LogP contribution < -0.4 is 0 Å². The first-order chi connectivity index (χ1) is 14.2. The standard InChI is InChI=1S/C21H34N2O.C2H2O4/c1-21(2)19(9-14-24-17-18-7-5-4-6-8-18)15-20(21)16-23-12-10-22(3)11-13-23;3-1(4)2(5)6/h4-8,19-20H,9-17H2,1-3H3;(H,3,4)(H,5,6)/t19-,20-;/m0./s1. The lowest BCUT2D eigenvalue weighted by Crippen LogP contribution is -2.53. The minimum absolute atomic E-state index is 0.472. The summed E-state index contributed by atoms with van der Waals surface area (Å²) in [7, 11) is 2.23. The van der Waals surface area contributed by atoms with Crippen molar-refractivity contribution in [2.45, 2.75) is 33.3 Å². The minimum atomic E-state index is -1.82. The predicted molar refractivity (Wildman–Crippen MR) is 115 cm³/mol. The smallest absolute Gasteiger partial charge is 0.414 e. The highest BCUT2D eigenvalue weighted by Gasteiger charge is 2.47. The van der Waals surface area contributed by atoms with E-state index in [0.29, 0.717) is 5.41 Å². The number of nitrogens with zero attached hydrogens (tertiary/aromatic N) is 2. The number of likely N-dealkylation sites (N-methyl/N-ethyl adjacent to an activating group) is 1. The number of hydrogen-bond donors (Lipinski definition) is 2. The maximum absolute atomic E-state index is 9.10. The largest absolute Gasteiger partial charge is 0.473 e. The third-order valence-corrected chi connectivity index (χ3v) is 6.65. The van der Waals surface area contributed by atoms with Crippen LogP contribution in [0.5, 0.6) is 0 Å². The lowest BCUT2D eigenvalue weighted by Gasteiger charge is -2.54. The van der Waals surface area contributed by atoms with Crippen molar-refractivity contribution in [3.05, 3.63) is 35.9 Å². The topological polar surface area (TPSA) is 90.3 Å². The summed E-state index contributed by atoms with van der Waals surface area (Å²) < 4.78 is 5.90. The van der Waals surface area contributed by atoms with Crippen LogP contribution in [0.3, 0.4) is 0 Å². The number of hydrogen-bond acceptors (Lipinski definition) is 5. The fraction of sp³-hybridized carbons (Fsp3) is 0.652. The monoisotopic (exact) mass is 420 g/mol. The highest BCUT2D eigenvalue weighted by Crippen LogP contribution is 2.53. The van der Waals surface area contributed by atoms with Gasteiger partial charge in [-0.1, -0.05) is 44.2 Å². The van der Waals surface area contributed by atoms with Crippen LogP contribution in [-0.2, 0) is 20.9 Å². The molecule has 0 unspecified atom stereocenters. The predicted octanol–water partition coefficient (Wildman–Crippen LogP) is 2.66. The molecule has 7 heteroatoms. The van der Waals surface area contributed by atoms with Gasteiger partial charge in [0.2, 0.25) is 0 Å². The van der Waals surface area contributed by atoms with E-state index in [1.165, 1.54) is 51.1 Å². The summed E-state index contributed by atoms with van der Waals surface area (Å²) in [5.41, 5.74) is 1.75. The van der Waals surface area contributed by atoms with E-state index in [1.54, 1.807) is 0 Å². The fourth-order valence-electron chi connectivity index (χ4n) is 4.26. The number of ether oxygens (including phenoxy) is 1. The van der Waals surface area contributed by atoms with Crippen LogP contribution >= 0.6 is 0 Å². The first-order valence-electron chi connectivity index (χ1n) is 10.7. The van der Waals surface area contributed by atoms with Crippen LogP contribution in [-0.4, -0.2) is 78.3 Å². The average molecular weight is 421 g/mol. The Labute approximate surface area is 179 Å². The Kier molecular flexibility index (Phi) is 9.27. The van der Waals surface area contributed by atoms with E-state index < -0.39 is 11.9 Å². The fourth-order valence-corrected chi connectivity index (χ4v) is 4.26. The van der Waals surface area contributed by atoms with Crippen molar-refractivity contribution >= 4 is 11.9 Å². The number of rotatable bonds is 7. The molecule has 0 spiro atoms. The molecule has 30 heavy (non-hydrogen) atoms. The molecule has 1 heterocycles. The van der Waals surface area contributed by atoms with E-state index in [1.807, 2.05) is 0 Å². The maximum atomic E-state index is 9.10. The third kappa shape index (κ3) is 7.38. The van der Waals surface area contributed by atoms with Gasteiger partial charge in [0.1, 0.15) is 0 Å². The number of aliphatic carboxylic acids is 2. The molecule has 168 valence electrons. The molecule has 2 aliphatic rings. The molecule has 1 saturated carbocycles. The molecular weight excluding hydrogens is 384 g/mol. The van der Waals surface area contributed by atoms with Crippen LogP contribution in [0.2, 0.25) is 0 Å². The van der Waals surface area contributed by atoms with Crippen LogP contribution in [0.1, 0.15) is 32.3 Å². The SMILES string of the molecule is CN1CCN(C[C@@H]2C[C@H](CCOCc3ccccc3)C2(C)C)CC1.O=C(O)C(=O)O. The van der Waals surface area contributed by atoms with Gasteiger partial charge in [0.15, 0.2) is 0 Å². The second kappa shape index (κ2) is 11.4. The number of carbonyl (C=O) groups is 2. The molecule has 1 aromatic rings. The lowest BCUT2D eigenvalue weighted by atomic mass is 9.53. The van der Waals surface area contributed by atoms with Crippen molar-refractivity contribution in [2.75, 3.05) is 46.4 Å². The summed E-state index contributed by atoms with van der Waals surface area (Å²) in [4.78, 5) is 23.3. The van der Waals surface area contributed by atoms with E-state index in [4.69, 9.17) is 24.5 Å². The van der Waals surface area contributed by atoms with Gasteiger partial charge in [-0.2, -0.15) is 0 Å². The molecule has 0 bridgehead atoms. The first kappa shape index (κ1) is 24.3. The number of benzene rings is 1. The second-order valence-electron chi connectivity index (χ2n) is 8.99. The van der Waals surface area contributed by atoms with Gasteiger partial charge in [-0.25, -0.2) is 9.59 Å². The van der Waals surface area contributed by atoms with Gasteiger partial charge >= 0.3 is 11.9 Å². The molecule has 7 nitrogen and oxygen atoms in total. The Bertz CT molecular complexity index is 659. The molecule has 2 atom stereocenters. The highest BCUT2D eigenvalue weighted by molar-refractivity contribution is 6.27. The Morgan fingerprint density at radius 1 is 1.03 bits per heavy atom. The van der Waals surface area contributed by atoms with Gasteiger partial charge in [0.25, 0.3) is 0 Å². The zero-order chi connectivity index (χ0) is 22.1. The molecule has 3 rings (SSSR count). The van der Waals surface area contributed by atoms with E-state index in [0.717, 1.165) is 25.0 Å². The Morgan fingerprint density at radius 2 is 1.63 bits per heavy atom. The maximum Gasteiger partial charge on any atom is 0.414 e. The Hall–Kier alpha value is -1.96. The first-order valence-corrected chi connectivity index (χ1v) is 10.7. The van der Waals surface area contributed by atoms with Crippen LogP contribution in [0.15, 0.2) is 30.3 Å². The van der Waals surface area contributed by atoms with Crippen molar-refractivity contribution in [1.29, 1.82) is 0 Å². The zero-order valence-corrected chi connectivity index (χ0v) is 18.4. The summed E-state index contributed by atoms with van der Waals surface area (Å²) in [6.07, 6.45) is 2.59. The molecule has 1 aliphatic carbocycles. The van der Waals surface area contributed by atoms with Crippen LogP contribution in [0.25, 0.3) is 0 Å².